The molecule has 1 aliphatic rings. The number of rotatable bonds is 4. The number of piperidine rings is 1. The second-order valence-corrected chi connectivity index (χ2v) is 5.31. The Kier molecular flexibility index (Phi) is 4.83. The molecule has 2 rings (SSSR count). The van der Waals surface area contributed by atoms with Crippen LogP contribution in [0.25, 0.3) is 0 Å². The summed E-state index contributed by atoms with van der Waals surface area (Å²) in [7, 11) is 0. The monoisotopic (exact) mass is 260 g/mol. The Morgan fingerprint density at radius 1 is 1.37 bits per heavy atom. The van der Waals surface area contributed by atoms with Crippen LogP contribution in [0.5, 0.6) is 0 Å². The zero-order chi connectivity index (χ0) is 13.7. The summed E-state index contributed by atoms with van der Waals surface area (Å²) in [5, 5.41) is 3.26. The summed E-state index contributed by atoms with van der Waals surface area (Å²) in [4.78, 5) is 14.4. The van der Waals surface area contributed by atoms with E-state index < -0.39 is 0 Å². The predicted molar refractivity (Wildman–Crippen MR) is 79.3 cm³/mol. The van der Waals surface area contributed by atoms with Crippen LogP contribution in [0.4, 0.5) is 5.69 Å². The summed E-state index contributed by atoms with van der Waals surface area (Å²) < 4.78 is 0. The minimum Gasteiger partial charge on any atom is -0.376 e. The van der Waals surface area contributed by atoms with E-state index in [0.29, 0.717) is 12.6 Å². The van der Waals surface area contributed by atoms with Crippen molar-refractivity contribution in [2.45, 2.75) is 45.6 Å². The number of nitrogens with zero attached hydrogens (tertiary/aromatic N) is 1. The third-order valence-corrected chi connectivity index (χ3v) is 3.99. The summed E-state index contributed by atoms with van der Waals surface area (Å²) in [6, 6.07) is 8.54. The lowest BCUT2D eigenvalue weighted by Crippen LogP contribution is -2.45. The number of hydrogen-bond acceptors (Lipinski definition) is 2. The normalized spacial score (nSPS) is 19.3. The summed E-state index contributed by atoms with van der Waals surface area (Å²) >= 11 is 0. The summed E-state index contributed by atoms with van der Waals surface area (Å²) in [6.45, 7) is 5.56. The van der Waals surface area contributed by atoms with Crippen molar-refractivity contribution in [1.29, 1.82) is 0 Å². The van der Waals surface area contributed by atoms with Crippen molar-refractivity contribution in [3.63, 3.8) is 0 Å². The number of carbonyl (C=O) groups excluding carboxylic acids is 1. The Balaban J connectivity index is 1.92. The van der Waals surface area contributed by atoms with Crippen LogP contribution in [0, 0.1) is 6.92 Å². The lowest BCUT2D eigenvalue weighted by molar-refractivity contribution is -0.133. The highest BCUT2D eigenvalue weighted by Gasteiger charge is 2.24. The van der Waals surface area contributed by atoms with Gasteiger partial charge in [0.1, 0.15) is 0 Å². The molecule has 0 saturated carbocycles. The van der Waals surface area contributed by atoms with Crippen LogP contribution >= 0.6 is 0 Å². The molecular formula is C16H24N2O. The minimum atomic E-state index is 0.231. The lowest BCUT2D eigenvalue weighted by Gasteiger charge is -2.35. The van der Waals surface area contributed by atoms with E-state index in [1.54, 1.807) is 0 Å². The molecule has 1 unspecified atom stereocenters. The first-order valence-corrected chi connectivity index (χ1v) is 7.31. The second kappa shape index (κ2) is 6.60. The number of para-hydroxylation sites is 1. The quantitative estimate of drug-likeness (QED) is 0.901. The largest absolute Gasteiger partial charge is 0.376 e. The molecule has 19 heavy (non-hydrogen) atoms. The molecule has 1 amide bonds. The average Bonchev–Trinajstić information content (AvgIpc) is 2.46. The molecule has 0 aliphatic carbocycles. The van der Waals surface area contributed by atoms with Gasteiger partial charge in [-0.15, -0.1) is 0 Å². The fourth-order valence-electron chi connectivity index (χ4n) is 2.80. The standard InChI is InChI=1S/C16H24N2O/c1-3-14-9-6-7-11-18(14)16(19)12-17-15-10-5-4-8-13(15)2/h4-5,8,10,14,17H,3,6-7,9,11-12H2,1-2H3. The minimum absolute atomic E-state index is 0.231. The first kappa shape index (κ1) is 13.9. The molecule has 1 N–H and O–H groups in total. The molecule has 0 spiro atoms. The van der Waals surface area contributed by atoms with E-state index in [2.05, 4.69) is 30.1 Å². The van der Waals surface area contributed by atoms with Crippen LogP contribution in [0.3, 0.4) is 0 Å². The second-order valence-electron chi connectivity index (χ2n) is 5.31. The molecule has 3 nitrogen and oxygen atoms in total. The Morgan fingerprint density at radius 3 is 2.89 bits per heavy atom. The lowest BCUT2D eigenvalue weighted by atomic mass is 10.00. The van der Waals surface area contributed by atoms with Gasteiger partial charge in [0.15, 0.2) is 0 Å². The zero-order valence-electron chi connectivity index (χ0n) is 12.0. The highest BCUT2D eigenvalue weighted by Crippen LogP contribution is 2.20. The van der Waals surface area contributed by atoms with Gasteiger partial charge in [0.2, 0.25) is 5.91 Å². The van der Waals surface area contributed by atoms with Crippen molar-refractivity contribution in [2.24, 2.45) is 0 Å². The molecule has 0 radical (unpaired) electrons. The van der Waals surface area contributed by atoms with Crippen molar-refractivity contribution in [1.82, 2.24) is 4.90 Å². The van der Waals surface area contributed by atoms with Crippen LogP contribution < -0.4 is 5.32 Å². The van der Waals surface area contributed by atoms with Gasteiger partial charge in [-0.05, 0) is 44.2 Å². The third kappa shape index (κ3) is 3.49. The van der Waals surface area contributed by atoms with Crippen molar-refractivity contribution in [2.75, 3.05) is 18.4 Å². The van der Waals surface area contributed by atoms with Crippen LogP contribution in [-0.4, -0.2) is 29.9 Å². The molecule has 1 aromatic carbocycles. The number of hydrogen-bond donors (Lipinski definition) is 1. The Hall–Kier alpha value is -1.51. The fraction of sp³-hybridized carbons (Fsp3) is 0.562. The van der Waals surface area contributed by atoms with Gasteiger partial charge in [-0.2, -0.15) is 0 Å². The van der Waals surface area contributed by atoms with Crippen molar-refractivity contribution >= 4 is 11.6 Å². The van der Waals surface area contributed by atoms with E-state index >= 15 is 0 Å². The number of nitrogens with one attached hydrogen (secondary N) is 1. The first-order valence-electron chi connectivity index (χ1n) is 7.31. The molecule has 1 atom stereocenters. The number of anilines is 1. The molecule has 1 aliphatic heterocycles. The van der Waals surface area contributed by atoms with E-state index in [-0.39, 0.29) is 5.91 Å². The average molecular weight is 260 g/mol. The molecule has 1 heterocycles. The van der Waals surface area contributed by atoms with Crippen molar-refractivity contribution in [3.05, 3.63) is 29.8 Å². The van der Waals surface area contributed by atoms with Crippen LogP contribution in [0.15, 0.2) is 24.3 Å². The highest BCUT2D eigenvalue weighted by atomic mass is 16.2. The van der Waals surface area contributed by atoms with E-state index in [1.807, 2.05) is 18.2 Å². The number of amides is 1. The molecule has 3 heteroatoms. The maximum Gasteiger partial charge on any atom is 0.242 e. The molecule has 0 bridgehead atoms. The Bertz CT molecular complexity index is 431. The fourth-order valence-corrected chi connectivity index (χ4v) is 2.80. The van der Waals surface area contributed by atoms with E-state index in [1.165, 1.54) is 12.0 Å². The molecule has 1 aromatic rings. The van der Waals surface area contributed by atoms with E-state index in [0.717, 1.165) is 31.5 Å². The smallest absolute Gasteiger partial charge is 0.242 e. The van der Waals surface area contributed by atoms with Crippen molar-refractivity contribution in [3.8, 4) is 0 Å². The third-order valence-electron chi connectivity index (χ3n) is 3.99. The molecule has 1 saturated heterocycles. The maximum absolute atomic E-state index is 12.3. The molecule has 104 valence electrons. The topological polar surface area (TPSA) is 32.3 Å². The van der Waals surface area contributed by atoms with E-state index in [4.69, 9.17) is 0 Å². The predicted octanol–water partition coefficient (Wildman–Crippen LogP) is 3.20. The van der Waals surface area contributed by atoms with Crippen LogP contribution in [0.2, 0.25) is 0 Å². The zero-order valence-corrected chi connectivity index (χ0v) is 12.0. The molecule has 1 fully saturated rings. The molecule has 0 aromatic heterocycles. The summed E-state index contributed by atoms with van der Waals surface area (Å²) in [6.07, 6.45) is 4.63. The van der Waals surface area contributed by atoms with E-state index in [9.17, 15) is 4.79 Å². The van der Waals surface area contributed by atoms with Gasteiger partial charge < -0.3 is 10.2 Å². The maximum atomic E-state index is 12.3. The van der Waals surface area contributed by atoms with Crippen LogP contribution in [0.1, 0.15) is 38.2 Å². The number of benzene rings is 1. The van der Waals surface area contributed by atoms with Crippen molar-refractivity contribution < 1.29 is 4.79 Å². The first-order chi connectivity index (χ1) is 9.22. The summed E-state index contributed by atoms with van der Waals surface area (Å²) in [5.41, 5.74) is 2.24. The molecular weight excluding hydrogens is 236 g/mol. The van der Waals surface area contributed by atoms with Gasteiger partial charge in [0.25, 0.3) is 0 Å². The van der Waals surface area contributed by atoms with Gasteiger partial charge in [-0.3, -0.25) is 4.79 Å². The Morgan fingerprint density at radius 2 is 2.16 bits per heavy atom. The SMILES string of the molecule is CCC1CCCCN1C(=O)CNc1ccccc1C. The van der Waals surface area contributed by atoms with Crippen LogP contribution in [-0.2, 0) is 4.79 Å². The number of likely N-dealkylation sites (tertiary alicyclic amines) is 1. The number of carbonyl (C=O) groups is 1. The Labute approximate surface area is 116 Å². The van der Waals surface area contributed by atoms with Gasteiger partial charge in [0, 0.05) is 18.3 Å². The van der Waals surface area contributed by atoms with Gasteiger partial charge in [-0.25, -0.2) is 0 Å². The highest BCUT2D eigenvalue weighted by molar-refractivity contribution is 5.81. The number of aryl methyl sites for hydroxylation is 1. The van der Waals surface area contributed by atoms with Gasteiger partial charge >= 0.3 is 0 Å². The van der Waals surface area contributed by atoms with Gasteiger partial charge in [0.05, 0.1) is 6.54 Å². The summed E-state index contributed by atoms with van der Waals surface area (Å²) in [5.74, 6) is 0.231. The van der Waals surface area contributed by atoms with Gasteiger partial charge in [-0.1, -0.05) is 25.1 Å².